The van der Waals surface area contributed by atoms with Gasteiger partial charge in [-0.1, -0.05) is 30.3 Å². The first-order valence-corrected chi connectivity index (χ1v) is 12.8. The van der Waals surface area contributed by atoms with Gasteiger partial charge in [0.2, 0.25) is 0 Å². The van der Waals surface area contributed by atoms with Gasteiger partial charge in [-0.3, -0.25) is 4.79 Å². The zero-order chi connectivity index (χ0) is 21.1. The number of carbonyl (C=O) groups is 1. The molecule has 162 valence electrons. The van der Waals surface area contributed by atoms with E-state index in [2.05, 4.69) is 0 Å². The molecule has 3 aliphatic rings. The smallest absolute Gasteiger partial charge is 0.320 e. The Hall–Kier alpha value is -2.15. The first-order valence-electron chi connectivity index (χ1n) is 11.0. The standard InChI is InChI=1S/C25H28NO3S2/c27-25(24(22-8-4-16-30-22)23-9-5-17-31-23)29-21-18-26(12-10-19(21)11-13-26)14-15-28-20-6-2-1-3-7-20/h1-9,16-17,19,21,24H,10-15,18H2/q+1. The van der Waals surface area contributed by atoms with Crippen LogP contribution in [0.15, 0.2) is 65.4 Å². The predicted molar refractivity (Wildman–Crippen MR) is 125 cm³/mol. The third-order valence-electron chi connectivity index (χ3n) is 6.78. The number of ether oxygens (including phenoxy) is 2. The molecule has 5 heterocycles. The van der Waals surface area contributed by atoms with Crippen molar-refractivity contribution in [3.8, 4) is 5.75 Å². The number of nitrogens with zero attached hydrogens (tertiary/aromatic N) is 1. The summed E-state index contributed by atoms with van der Waals surface area (Å²) in [6.07, 6.45) is 2.27. The average Bonchev–Trinajstić information content (AvgIpc) is 3.51. The third kappa shape index (κ3) is 4.56. The number of piperidine rings is 3. The van der Waals surface area contributed by atoms with Crippen LogP contribution in [0.4, 0.5) is 0 Å². The number of quaternary nitrogens is 1. The van der Waals surface area contributed by atoms with Crippen molar-refractivity contribution in [3.05, 3.63) is 75.1 Å². The Morgan fingerprint density at radius 3 is 2.26 bits per heavy atom. The molecule has 0 radical (unpaired) electrons. The molecule has 0 amide bonds. The lowest BCUT2D eigenvalue weighted by atomic mass is 9.83. The van der Waals surface area contributed by atoms with E-state index in [-0.39, 0.29) is 18.0 Å². The molecule has 2 aromatic heterocycles. The molecule has 3 aromatic rings. The first kappa shape index (κ1) is 20.7. The molecule has 31 heavy (non-hydrogen) atoms. The molecule has 3 aliphatic heterocycles. The lowest BCUT2D eigenvalue weighted by Crippen LogP contribution is -2.65. The van der Waals surface area contributed by atoms with Gasteiger partial charge < -0.3 is 14.0 Å². The second-order valence-electron chi connectivity index (χ2n) is 8.63. The Morgan fingerprint density at radius 2 is 1.65 bits per heavy atom. The summed E-state index contributed by atoms with van der Waals surface area (Å²) >= 11 is 3.26. The minimum Gasteiger partial charge on any atom is -0.488 e. The Bertz CT molecular complexity index is 929. The molecule has 1 aromatic carbocycles. The van der Waals surface area contributed by atoms with E-state index in [1.54, 1.807) is 22.7 Å². The zero-order valence-electron chi connectivity index (χ0n) is 17.5. The molecule has 0 spiro atoms. The summed E-state index contributed by atoms with van der Waals surface area (Å²) in [4.78, 5) is 15.5. The summed E-state index contributed by atoms with van der Waals surface area (Å²) in [7, 11) is 0. The second kappa shape index (κ2) is 9.15. The number of hydrogen-bond donors (Lipinski definition) is 0. The van der Waals surface area contributed by atoms with Gasteiger partial charge in [-0.15, -0.1) is 22.7 Å². The van der Waals surface area contributed by atoms with Gasteiger partial charge >= 0.3 is 5.97 Å². The molecule has 1 unspecified atom stereocenters. The monoisotopic (exact) mass is 454 g/mol. The maximum absolute atomic E-state index is 13.3. The van der Waals surface area contributed by atoms with Crippen molar-refractivity contribution < 1.29 is 18.8 Å². The molecule has 6 rings (SSSR count). The largest absolute Gasteiger partial charge is 0.488 e. The van der Waals surface area contributed by atoms with Crippen LogP contribution in [0.2, 0.25) is 0 Å². The van der Waals surface area contributed by atoms with Crippen LogP contribution in [0.5, 0.6) is 5.75 Å². The molecular weight excluding hydrogens is 426 g/mol. The predicted octanol–water partition coefficient (Wildman–Crippen LogP) is 5.17. The van der Waals surface area contributed by atoms with E-state index in [0.29, 0.717) is 12.5 Å². The van der Waals surface area contributed by atoms with Crippen LogP contribution >= 0.6 is 22.7 Å². The summed E-state index contributed by atoms with van der Waals surface area (Å²) in [6.45, 7) is 4.90. The van der Waals surface area contributed by atoms with Crippen molar-refractivity contribution in [1.82, 2.24) is 0 Å². The van der Waals surface area contributed by atoms with Crippen molar-refractivity contribution in [2.75, 3.05) is 32.8 Å². The van der Waals surface area contributed by atoms with Gasteiger partial charge in [0.05, 0.1) is 13.1 Å². The highest BCUT2D eigenvalue weighted by Crippen LogP contribution is 2.38. The van der Waals surface area contributed by atoms with Gasteiger partial charge in [-0.2, -0.15) is 0 Å². The van der Waals surface area contributed by atoms with E-state index < -0.39 is 0 Å². The molecule has 3 fully saturated rings. The summed E-state index contributed by atoms with van der Waals surface area (Å²) < 4.78 is 13.2. The fourth-order valence-corrected chi connectivity index (χ4v) is 6.78. The van der Waals surface area contributed by atoms with Gasteiger partial charge in [-0.05, 0) is 35.0 Å². The van der Waals surface area contributed by atoms with Crippen LogP contribution in [0.1, 0.15) is 28.5 Å². The number of hydrogen-bond acceptors (Lipinski definition) is 5. The van der Waals surface area contributed by atoms with E-state index in [1.807, 2.05) is 65.4 Å². The highest BCUT2D eigenvalue weighted by atomic mass is 32.1. The third-order valence-corrected chi connectivity index (χ3v) is 8.65. The zero-order valence-corrected chi connectivity index (χ0v) is 19.2. The van der Waals surface area contributed by atoms with E-state index in [9.17, 15) is 4.79 Å². The molecule has 2 bridgehead atoms. The molecule has 0 N–H and O–H groups in total. The first-order chi connectivity index (χ1) is 15.2. The SMILES string of the molecule is O=C(OC1C[N+]2(CCOc3ccccc3)CCC1CC2)C(c1cccs1)c1cccs1. The Balaban J connectivity index is 1.24. The summed E-state index contributed by atoms with van der Waals surface area (Å²) in [5, 5.41) is 4.06. The van der Waals surface area contributed by atoms with Gasteiger partial charge in [-0.25, -0.2) is 0 Å². The number of carbonyl (C=O) groups excluding carboxylic acids is 1. The van der Waals surface area contributed by atoms with Gasteiger partial charge in [0.1, 0.15) is 31.4 Å². The second-order valence-corrected chi connectivity index (χ2v) is 10.6. The number of esters is 1. The summed E-state index contributed by atoms with van der Waals surface area (Å²) in [6, 6.07) is 18.1. The van der Waals surface area contributed by atoms with Gasteiger partial charge in [0.15, 0.2) is 6.10 Å². The number of fused-ring (bicyclic) bond motifs is 3. The van der Waals surface area contributed by atoms with E-state index in [1.165, 1.54) is 0 Å². The minimum absolute atomic E-state index is 0.00847. The number of benzene rings is 1. The Morgan fingerprint density at radius 1 is 0.968 bits per heavy atom. The quantitative estimate of drug-likeness (QED) is 0.348. The highest BCUT2D eigenvalue weighted by Gasteiger charge is 2.48. The Labute approximate surface area is 191 Å². The van der Waals surface area contributed by atoms with Crippen molar-refractivity contribution in [2.45, 2.75) is 24.9 Å². The Kier molecular flexibility index (Phi) is 6.12. The lowest BCUT2D eigenvalue weighted by molar-refractivity contribution is -0.946. The molecule has 6 heteroatoms. The highest BCUT2D eigenvalue weighted by molar-refractivity contribution is 7.11. The number of para-hydroxylation sites is 1. The van der Waals surface area contributed by atoms with Crippen molar-refractivity contribution in [3.63, 3.8) is 0 Å². The number of thiophene rings is 2. The molecule has 3 saturated heterocycles. The molecule has 0 aliphatic carbocycles. The van der Waals surface area contributed by atoms with Crippen LogP contribution in [0.25, 0.3) is 0 Å². The summed E-state index contributed by atoms with van der Waals surface area (Å²) in [5.74, 6) is 1.02. The molecule has 0 saturated carbocycles. The normalized spacial score (nSPS) is 24.9. The summed E-state index contributed by atoms with van der Waals surface area (Å²) in [5.41, 5.74) is 0. The van der Waals surface area contributed by atoms with Gasteiger partial charge in [0.25, 0.3) is 0 Å². The van der Waals surface area contributed by atoms with Crippen LogP contribution in [0.3, 0.4) is 0 Å². The van der Waals surface area contributed by atoms with E-state index in [0.717, 1.165) is 59.0 Å². The molecular formula is C25H28NO3S2+. The van der Waals surface area contributed by atoms with Gasteiger partial charge in [0, 0.05) is 28.5 Å². The fourth-order valence-electron chi connectivity index (χ4n) is 5.04. The minimum atomic E-state index is -0.301. The van der Waals surface area contributed by atoms with Crippen molar-refractivity contribution in [2.24, 2.45) is 5.92 Å². The van der Waals surface area contributed by atoms with Crippen molar-refractivity contribution in [1.29, 1.82) is 0 Å². The maximum Gasteiger partial charge on any atom is 0.320 e. The lowest BCUT2D eigenvalue weighted by Gasteiger charge is -2.52. The van der Waals surface area contributed by atoms with Crippen LogP contribution in [-0.4, -0.2) is 49.3 Å². The van der Waals surface area contributed by atoms with E-state index in [4.69, 9.17) is 9.47 Å². The topological polar surface area (TPSA) is 35.5 Å². The molecule has 4 nitrogen and oxygen atoms in total. The van der Waals surface area contributed by atoms with Crippen LogP contribution < -0.4 is 4.74 Å². The fraction of sp³-hybridized carbons (Fsp3) is 0.400. The van der Waals surface area contributed by atoms with E-state index >= 15 is 0 Å². The number of rotatable bonds is 8. The van der Waals surface area contributed by atoms with Crippen LogP contribution in [-0.2, 0) is 9.53 Å². The van der Waals surface area contributed by atoms with Crippen LogP contribution in [0, 0.1) is 5.92 Å². The van der Waals surface area contributed by atoms with Crippen molar-refractivity contribution >= 4 is 28.6 Å². The average molecular weight is 455 g/mol. The molecule has 1 atom stereocenters. The maximum atomic E-state index is 13.3.